The zero-order valence-electron chi connectivity index (χ0n) is 16.5. The number of fused-ring (bicyclic) bond motifs is 1. The average molecular weight is 381 g/mol. The van der Waals surface area contributed by atoms with Gasteiger partial charge in [-0.25, -0.2) is 0 Å². The number of hydrogen-bond donors (Lipinski definition) is 1. The number of piperidine rings is 1. The lowest BCUT2D eigenvalue weighted by Gasteiger charge is -2.32. The van der Waals surface area contributed by atoms with Crippen molar-refractivity contribution in [3.05, 3.63) is 47.7 Å². The smallest absolute Gasteiger partial charge is 0.227 e. The largest absolute Gasteiger partial charge is 0.388 e. The van der Waals surface area contributed by atoms with Crippen LogP contribution in [-0.2, 0) is 38.3 Å². The van der Waals surface area contributed by atoms with Crippen molar-refractivity contribution in [2.75, 3.05) is 13.1 Å². The highest BCUT2D eigenvalue weighted by atomic mass is 16.3. The van der Waals surface area contributed by atoms with Gasteiger partial charge in [0.1, 0.15) is 12.4 Å². The van der Waals surface area contributed by atoms with Gasteiger partial charge in [-0.1, -0.05) is 18.2 Å². The van der Waals surface area contributed by atoms with Gasteiger partial charge in [-0.3, -0.25) is 4.79 Å². The maximum absolute atomic E-state index is 12.8. The van der Waals surface area contributed by atoms with Gasteiger partial charge in [-0.05, 0) is 30.4 Å². The number of aliphatic hydroxyl groups is 1. The fourth-order valence-electron chi connectivity index (χ4n) is 4.20. The topological polar surface area (TPSA) is 76.2 Å². The molecule has 0 unspecified atom stereocenters. The van der Waals surface area contributed by atoms with E-state index in [-0.39, 0.29) is 12.5 Å². The number of carbonyl (C=O) groups is 1. The summed E-state index contributed by atoms with van der Waals surface area (Å²) in [5.41, 5.74) is 2.26. The first-order valence-electron chi connectivity index (χ1n) is 9.85. The van der Waals surface area contributed by atoms with Crippen molar-refractivity contribution >= 4 is 16.8 Å². The highest BCUT2D eigenvalue weighted by molar-refractivity contribution is 5.89. The van der Waals surface area contributed by atoms with Crippen molar-refractivity contribution in [1.29, 1.82) is 0 Å². The number of hydrogen-bond acceptors (Lipinski definition) is 4. The molecule has 3 heterocycles. The molecule has 1 N–H and O–H groups in total. The Kier molecular flexibility index (Phi) is 5.17. The Morgan fingerprint density at radius 3 is 2.57 bits per heavy atom. The van der Waals surface area contributed by atoms with Crippen molar-refractivity contribution < 1.29 is 9.90 Å². The van der Waals surface area contributed by atoms with Crippen LogP contribution < -0.4 is 0 Å². The van der Waals surface area contributed by atoms with Crippen molar-refractivity contribution in [1.82, 2.24) is 24.2 Å². The highest BCUT2D eigenvalue weighted by Crippen LogP contribution is 2.24. The number of benzene rings is 1. The van der Waals surface area contributed by atoms with Crippen LogP contribution in [0.5, 0.6) is 0 Å². The second-order valence-electron chi connectivity index (χ2n) is 7.74. The van der Waals surface area contributed by atoms with Crippen LogP contribution in [0.3, 0.4) is 0 Å². The van der Waals surface area contributed by atoms with Gasteiger partial charge in [-0.15, -0.1) is 10.2 Å². The Morgan fingerprint density at radius 1 is 1.14 bits per heavy atom. The summed E-state index contributed by atoms with van der Waals surface area (Å²) >= 11 is 0. The van der Waals surface area contributed by atoms with Gasteiger partial charge >= 0.3 is 0 Å². The maximum atomic E-state index is 12.8. The lowest BCUT2D eigenvalue weighted by Crippen LogP contribution is -2.39. The Balaban J connectivity index is 1.35. The summed E-state index contributed by atoms with van der Waals surface area (Å²) in [7, 11) is 3.92. The van der Waals surface area contributed by atoms with Gasteiger partial charge < -0.3 is 19.1 Å². The fraction of sp³-hybridized carbons (Fsp3) is 0.476. The van der Waals surface area contributed by atoms with Crippen LogP contribution in [0.15, 0.2) is 30.5 Å². The van der Waals surface area contributed by atoms with Gasteiger partial charge in [0.05, 0.1) is 6.42 Å². The van der Waals surface area contributed by atoms with Crippen LogP contribution in [0, 0.1) is 5.92 Å². The Labute approximate surface area is 164 Å². The number of para-hydroxylation sites is 1. The van der Waals surface area contributed by atoms with E-state index >= 15 is 0 Å². The molecule has 1 saturated heterocycles. The van der Waals surface area contributed by atoms with Crippen molar-refractivity contribution in [2.45, 2.75) is 32.3 Å². The monoisotopic (exact) mass is 381 g/mol. The fourth-order valence-corrected chi connectivity index (χ4v) is 4.20. The molecule has 0 bridgehead atoms. The maximum Gasteiger partial charge on any atom is 0.227 e. The third-order valence-corrected chi connectivity index (χ3v) is 5.96. The van der Waals surface area contributed by atoms with E-state index in [9.17, 15) is 9.90 Å². The lowest BCUT2D eigenvalue weighted by atomic mass is 9.93. The molecule has 28 heavy (non-hydrogen) atoms. The van der Waals surface area contributed by atoms with E-state index in [1.54, 1.807) is 0 Å². The molecule has 0 aliphatic carbocycles. The number of rotatable bonds is 5. The number of aryl methyl sites for hydroxylation is 1. The molecule has 7 nitrogen and oxygen atoms in total. The number of carbonyl (C=O) groups excluding carboxylic acids is 1. The van der Waals surface area contributed by atoms with Gasteiger partial charge in [0.2, 0.25) is 5.91 Å². The first kappa shape index (κ1) is 18.7. The minimum atomic E-state index is -0.0926. The summed E-state index contributed by atoms with van der Waals surface area (Å²) in [5.74, 6) is 2.20. The Morgan fingerprint density at radius 2 is 1.86 bits per heavy atom. The molecule has 1 aliphatic heterocycles. The minimum Gasteiger partial charge on any atom is -0.388 e. The van der Waals surface area contributed by atoms with E-state index in [1.165, 1.54) is 0 Å². The molecular weight excluding hydrogens is 354 g/mol. The highest BCUT2D eigenvalue weighted by Gasteiger charge is 2.25. The SMILES string of the molecule is Cn1c(CO)nnc1CC1CCN(C(=O)Cc2cn(C)c3ccccc23)CC1. The summed E-state index contributed by atoms with van der Waals surface area (Å²) in [6.45, 7) is 1.49. The minimum absolute atomic E-state index is 0.0926. The Hall–Kier alpha value is -2.67. The molecule has 0 atom stereocenters. The normalized spacial score (nSPS) is 15.5. The zero-order chi connectivity index (χ0) is 19.7. The van der Waals surface area contributed by atoms with E-state index in [4.69, 9.17) is 0 Å². The van der Waals surface area contributed by atoms with Crippen LogP contribution in [-0.4, -0.2) is 48.3 Å². The van der Waals surface area contributed by atoms with E-state index in [0.717, 1.165) is 54.6 Å². The summed E-state index contributed by atoms with van der Waals surface area (Å²) in [4.78, 5) is 14.8. The molecule has 148 valence electrons. The summed E-state index contributed by atoms with van der Waals surface area (Å²) < 4.78 is 3.96. The number of likely N-dealkylation sites (tertiary alicyclic amines) is 1. The Bertz CT molecular complexity index is 982. The first-order chi connectivity index (χ1) is 13.6. The van der Waals surface area contributed by atoms with E-state index in [0.29, 0.717) is 18.2 Å². The molecule has 1 aliphatic rings. The van der Waals surface area contributed by atoms with Crippen molar-refractivity contribution in [3.8, 4) is 0 Å². The van der Waals surface area contributed by atoms with Crippen LogP contribution in [0.2, 0.25) is 0 Å². The van der Waals surface area contributed by atoms with Crippen LogP contribution in [0.4, 0.5) is 0 Å². The van der Waals surface area contributed by atoms with E-state index in [1.807, 2.05) is 35.7 Å². The molecule has 1 aromatic carbocycles. The second-order valence-corrected chi connectivity index (χ2v) is 7.74. The molecule has 0 radical (unpaired) electrons. The van der Waals surface area contributed by atoms with Gasteiger partial charge in [-0.2, -0.15) is 0 Å². The first-order valence-corrected chi connectivity index (χ1v) is 9.85. The molecule has 2 aromatic heterocycles. The molecular formula is C21H27N5O2. The molecule has 0 spiro atoms. The van der Waals surface area contributed by atoms with Gasteiger partial charge in [0, 0.05) is 50.7 Å². The zero-order valence-corrected chi connectivity index (χ0v) is 16.5. The summed E-state index contributed by atoms with van der Waals surface area (Å²) in [6.07, 6.45) is 5.32. The molecule has 3 aromatic rings. The molecule has 7 heteroatoms. The molecule has 0 saturated carbocycles. The standard InChI is InChI=1S/C21H27N5O2/c1-24-13-16(17-5-3-4-6-18(17)24)12-21(28)26-9-7-15(8-10-26)11-19-22-23-20(14-27)25(19)2/h3-6,13,15,27H,7-12,14H2,1-2H3. The predicted octanol–water partition coefficient (Wildman–Crippen LogP) is 1.82. The van der Waals surface area contributed by atoms with E-state index < -0.39 is 0 Å². The molecule has 1 fully saturated rings. The lowest BCUT2D eigenvalue weighted by molar-refractivity contribution is -0.131. The third kappa shape index (κ3) is 3.54. The number of amides is 1. The number of aliphatic hydroxyl groups excluding tert-OH is 1. The summed E-state index contributed by atoms with van der Waals surface area (Å²) in [6, 6.07) is 8.23. The van der Waals surface area contributed by atoms with E-state index in [2.05, 4.69) is 33.1 Å². The average Bonchev–Trinajstić information content (AvgIpc) is 3.22. The molecule has 4 rings (SSSR count). The predicted molar refractivity (Wildman–Crippen MR) is 107 cm³/mol. The van der Waals surface area contributed by atoms with Gasteiger partial charge in [0.25, 0.3) is 0 Å². The van der Waals surface area contributed by atoms with Crippen molar-refractivity contribution in [2.24, 2.45) is 20.0 Å². The quantitative estimate of drug-likeness (QED) is 0.731. The third-order valence-electron chi connectivity index (χ3n) is 5.96. The van der Waals surface area contributed by atoms with Crippen molar-refractivity contribution in [3.63, 3.8) is 0 Å². The van der Waals surface area contributed by atoms with Crippen LogP contribution in [0.25, 0.3) is 10.9 Å². The number of aromatic nitrogens is 4. The van der Waals surface area contributed by atoms with Gasteiger partial charge in [0.15, 0.2) is 5.82 Å². The summed E-state index contributed by atoms with van der Waals surface area (Å²) in [5, 5.41) is 18.6. The molecule has 1 amide bonds. The van der Waals surface area contributed by atoms with Crippen LogP contribution >= 0.6 is 0 Å². The second kappa shape index (κ2) is 7.75. The van der Waals surface area contributed by atoms with Crippen LogP contribution in [0.1, 0.15) is 30.1 Å². The number of nitrogens with zero attached hydrogens (tertiary/aromatic N) is 5.